The predicted octanol–water partition coefficient (Wildman–Crippen LogP) is 4.21. The summed E-state index contributed by atoms with van der Waals surface area (Å²) in [5.41, 5.74) is -6.29. The molecule has 438 valence electrons. The van der Waals surface area contributed by atoms with Gasteiger partial charge in [-0.05, 0) is 104 Å². The number of carbonyl (C=O) groups excluding carboxylic acids is 2. The molecule has 3 saturated carbocycles. The number of methoxy groups -OCH3 is 4. The van der Waals surface area contributed by atoms with Crippen LogP contribution in [0.15, 0.2) is 48.1 Å². The molecule has 0 aromatic heterocycles. The largest absolute Gasteiger partial charge is 0.458 e. The molecule has 0 unspecified atom stereocenters. The lowest BCUT2D eigenvalue weighted by atomic mass is 9.42. The summed E-state index contributed by atoms with van der Waals surface area (Å²) < 4.78 is 81.0. The van der Waals surface area contributed by atoms with Crippen molar-refractivity contribution in [3.8, 4) is 0 Å². The van der Waals surface area contributed by atoms with Crippen molar-refractivity contribution >= 4 is 17.8 Å². The second-order valence-corrected chi connectivity index (χ2v) is 23.7. The number of aliphatic hydroxyl groups is 5. The summed E-state index contributed by atoms with van der Waals surface area (Å²) in [6, 6.07) is 9.29. The fourth-order valence-corrected chi connectivity index (χ4v) is 15.0. The van der Waals surface area contributed by atoms with Gasteiger partial charge in [0, 0.05) is 59.7 Å². The highest BCUT2D eigenvalue weighted by Gasteiger charge is 2.81. The number of hydrogen-bond acceptors (Lipinski definition) is 20. The van der Waals surface area contributed by atoms with Crippen LogP contribution in [0.1, 0.15) is 118 Å². The zero-order valence-electron chi connectivity index (χ0n) is 47.1. The van der Waals surface area contributed by atoms with Crippen molar-refractivity contribution in [1.29, 1.82) is 0 Å². The van der Waals surface area contributed by atoms with E-state index in [0.717, 1.165) is 11.1 Å². The Bertz CT molecular complexity index is 2300. The second kappa shape index (κ2) is 23.4. The van der Waals surface area contributed by atoms with E-state index in [1.807, 2.05) is 57.2 Å². The average Bonchev–Trinajstić information content (AvgIpc) is 2.87. The quantitative estimate of drug-likeness (QED) is 0.0883. The van der Waals surface area contributed by atoms with E-state index in [-0.39, 0.29) is 31.8 Å². The first kappa shape index (κ1) is 59.8. The van der Waals surface area contributed by atoms with Crippen LogP contribution in [0.2, 0.25) is 0 Å². The Morgan fingerprint density at radius 3 is 1.74 bits per heavy atom. The third kappa shape index (κ3) is 10.5. The van der Waals surface area contributed by atoms with Crippen LogP contribution in [-0.4, -0.2) is 199 Å². The van der Waals surface area contributed by atoms with E-state index >= 15 is 0 Å². The molecule has 78 heavy (non-hydrogen) atoms. The molecule has 20 nitrogen and oxygen atoms in total. The van der Waals surface area contributed by atoms with Crippen LogP contribution in [0.25, 0.3) is 6.08 Å². The second-order valence-electron chi connectivity index (χ2n) is 23.7. The Hall–Kier alpha value is -2.84. The number of benzene rings is 1. The summed E-state index contributed by atoms with van der Waals surface area (Å²) in [5.74, 6) is -1.82. The Morgan fingerprint density at radius 1 is 0.654 bits per heavy atom. The molecular weight excluding hydrogens is 1020 g/mol. The first-order valence-electron chi connectivity index (χ1n) is 28.0. The Labute approximate surface area is 458 Å². The maximum atomic E-state index is 13.6. The van der Waals surface area contributed by atoms with E-state index in [9.17, 15) is 35.1 Å². The third-order valence-electron chi connectivity index (χ3n) is 19.7. The van der Waals surface area contributed by atoms with Crippen molar-refractivity contribution in [2.24, 2.45) is 16.7 Å². The fourth-order valence-electron chi connectivity index (χ4n) is 15.0. The van der Waals surface area contributed by atoms with Crippen molar-refractivity contribution in [3.05, 3.63) is 53.6 Å². The van der Waals surface area contributed by atoms with Crippen LogP contribution < -0.4 is 0 Å². The lowest BCUT2D eigenvalue weighted by Crippen LogP contribution is -2.78. The van der Waals surface area contributed by atoms with Crippen molar-refractivity contribution in [3.63, 3.8) is 0 Å². The molecule has 0 bridgehead atoms. The molecule has 4 aliphatic heterocycles. The smallest absolute Gasteiger partial charge is 0.331 e. The van der Waals surface area contributed by atoms with Crippen LogP contribution >= 0.6 is 0 Å². The maximum Gasteiger partial charge on any atom is 0.331 e. The van der Waals surface area contributed by atoms with E-state index in [0.29, 0.717) is 38.5 Å². The average molecular weight is 1100 g/mol. The van der Waals surface area contributed by atoms with Gasteiger partial charge in [-0.15, -0.1) is 0 Å². The molecule has 0 amide bonds. The van der Waals surface area contributed by atoms with Gasteiger partial charge in [0.1, 0.15) is 59.5 Å². The maximum absolute atomic E-state index is 13.6. The number of ether oxygens (including phenoxy) is 13. The number of carbonyl (C=O) groups is 2. The molecule has 4 saturated heterocycles. The van der Waals surface area contributed by atoms with Gasteiger partial charge in [0.05, 0.1) is 54.2 Å². The van der Waals surface area contributed by atoms with Gasteiger partial charge in [-0.25, -0.2) is 4.79 Å². The molecule has 25 atom stereocenters. The molecule has 5 N–H and O–H groups in total. The number of Topliss-reactive ketones (excluding diaryl/α,β-unsaturated/α-hetero) is 1. The van der Waals surface area contributed by atoms with E-state index in [2.05, 4.69) is 6.92 Å². The molecule has 4 aliphatic carbocycles. The molecule has 8 aliphatic rings. The first-order valence-corrected chi connectivity index (χ1v) is 28.0. The number of aliphatic hydroxyl groups excluding tert-OH is 2. The van der Waals surface area contributed by atoms with E-state index in [4.69, 9.17) is 61.6 Å². The Balaban J connectivity index is 0.810. The molecular formula is C58H86O20. The minimum atomic E-state index is -2.05. The molecule has 7 fully saturated rings. The summed E-state index contributed by atoms with van der Waals surface area (Å²) in [7, 11) is 6.24. The zero-order valence-corrected chi connectivity index (χ0v) is 47.1. The molecule has 0 spiro atoms. The van der Waals surface area contributed by atoms with E-state index in [1.54, 1.807) is 41.3 Å². The van der Waals surface area contributed by atoms with Gasteiger partial charge in [-0.1, -0.05) is 48.9 Å². The van der Waals surface area contributed by atoms with Crippen LogP contribution in [-0.2, 0) is 71.2 Å². The van der Waals surface area contributed by atoms with Gasteiger partial charge in [0.15, 0.2) is 30.9 Å². The first-order chi connectivity index (χ1) is 37.0. The fraction of sp³-hybridized carbons (Fsp3) is 0.793. The Kier molecular flexibility index (Phi) is 18.0. The van der Waals surface area contributed by atoms with Gasteiger partial charge >= 0.3 is 5.97 Å². The van der Waals surface area contributed by atoms with Crippen molar-refractivity contribution in [1.82, 2.24) is 0 Å². The van der Waals surface area contributed by atoms with Crippen LogP contribution in [0.4, 0.5) is 0 Å². The van der Waals surface area contributed by atoms with E-state index < -0.39 is 156 Å². The zero-order chi connectivity index (χ0) is 56.3. The number of rotatable bonds is 16. The number of fused-ring (bicyclic) bond motifs is 5. The molecule has 4 heterocycles. The third-order valence-corrected chi connectivity index (χ3v) is 19.7. The lowest BCUT2D eigenvalue weighted by Gasteiger charge is -2.67. The van der Waals surface area contributed by atoms with E-state index in [1.165, 1.54) is 20.1 Å². The number of esters is 1. The molecule has 9 rings (SSSR count). The van der Waals surface area contributed by atoms with Crippen LogP contribution in [0.3, 0.4) is 0 Å². The van der Waals surface area contributed by atoms with Crippen molar-refractivity contribution < 1.29 is 96.7 Å². The van der Waals surface area contributed by atoms with Gasteiger partial charge in [0.25, 0.3) is 0 Å². The monoisotopic (exact) mass is 1100 g/mol. The normalized spacial score (nSPS) is 48.6. The SMILES string of the molecule is CO[C@@H]1[C@H](O)[C@@H](O[C@@H]2[C@@H](C)O[C@@H](O[C@@H]3[C@@H](C)O[C@@H](O[C@@H]4[C@@H](C)O[C@@H](O[C@@H]5CC[C@@]6(C)C(=CC[C@@]7(O)[C@@H]6C[C@H](OC(=O)C=Cc6ccccc6)[C@@]6(C)[C@@]7(O)CC[C@@]6(O)C(C)=O)C5)C[C@H]4OC)C[C@H]3OC)C[C@H]2OC)O[C@@H](C)[C@@H]1O. The predicted molar refractivity (Wildman–Crippen MR) is 277 cm³/mol. The summed E-state index contributed by atoms with van der Waals surface area (Å²) in [5, 5.41) is 59.5. The molecule has 1 aromatic carbocycles. The van der Waals surface area contributed by atoms with Crippen LogP contribution in [0, 0.1) is 16.7 Å². The van der Waals surface area contributed by atoms with Crippen molar-refractivity contribution in [2.75, 3.05) is 28.4 Å². The lowest BCUT2D eigenvalue weighted by molar-refractivity contribution is -0.356. The summed E-state index contributed by atoms with van der Waals surface area (Å²) in [4.78, 5) is 27.0. The van der Waals surface area contributed by atoms with Crippen LogP contribution in [0.5, 0.6) is 0 Å². The summed E-state index contributed by atoms with van der Waals surface area (Å²) >= 11 is 0. The Morgan fingerprint density at radius 2 is 1.21 bits per heavy atom. The molecule has 1 aromatic rings. The van der Waals surface area contributed by atoms with Gasteiger partial charge in [0.2, 0.25) is 0 Å². The highest BCUT2D eigenvalue weighted by molar-refractivity contribution is 5.88. The summed E-state index contributed by atoms with van der Waals surface area (Å²) in [6.45, 7) is 12.3. The van der Waals surface area contributed by atoms with Gasteiger partial charge in [-0.2, -0.15) is 0 Å². The number of hydrogen-bond donors (Lipinski definition) is 5. The minimum absolute atomic E-state index is 0.0552. The molecule has 20 heteroatoms. The minimum Gasteiger partial charge on any atom is -0.458 e. The van der Waals surface area contributed by atoms with Crippen molar-refractivity contribution in [2.45, 2.75) is 246 Å². The highest BCUT2D eigenvalue weighted by Crippen LogP contribution is 2.71. The molecule has 0 radical (unpaired) electrons. The highest BCUT2D eigenvalue weighted by atomic mass is 16.8. The number of ketones is 1. The summed E-state index contributed by atoms with van der Waals surface area (Å²) in [6.07, 6.45) is -5.13. The van der Waals surface area contributed by atoms with Gasteiger partial charge < -0.3 is 87.1 Å². The van der Waals surface area contributed by atoms with Gasteiger partial charge in [-0.3, -0.25) is 4.79 Å². The topological polar surface area (TPSA) is 255 Å². The standard InChI is InChI=1S/C58H86O20/c1-30-47(61)52(69-11)48(62)53(73-30)78-51-33(4)72-46(28-40(51)68-10)77-50-32(3)71-45(27-39(50)67-9)76-49-31(2)70-44(26-38(49)66-8)74-37-20-21-54(6)36(25-37)19-22-57(64)41(54)29-42(75-43(60)18-17-35-15-13-12-14-16-35)55(7)56(63,34(5)59)23-24-58(55,57)65/h12-19,30-33,37-42,44-53,61-65H,20-29H2,1-11H3/t30-,31+,32+,33+,37+,38+,39+,40+,41+,42-,44-,45-,46-,47-,48-,49+,50+,51+,52-,53+,54-,55+,56+,57+,58-/m0/s1.